The summed E-state index contributed by atoms with van der Waals surface area (Å²) in [6.07, 6.45) is 1.20. The first-order valence-electron chi connectivity index (χ1n) is 6.27. The average Bonchev–Trinajstić information content (AvgIpc) is 2.19. The summed E-state index contributed by atoms with van der Waals surface area (Å²) in [6, 6.07) is 1.08. The maximum atomic E-state index is 11.6. The third kappa shape index (κ3) is 2.55. The van der Waals surface area contributed by atoms with Crippen LogP contribution in [0.4, 0.5) is 0 Å². The van der Waals surface area contributed by atoms with Crippen molar-refractivity contribution in [1.29, 1.82) is 0 Å². The number of hydrogen-bond acceptors (Lipinski definition) is 3. The van der Waals surface area contributed by atoms with E-state index in [0.717, 1.165) is 25.6 Å². The Morgan fingerprint density at radius 1 is 1.44 bits per heavy atom. The summed E-state index contributed by atoms with van der Waals surface area (Å²) in [4.78, 5) is 15.8. The third-order valence-electron chi connectivity index (χ3n) is 3.62. The number of nitrogens with one attached hydrogen (secondary N) is 1. The quantitative estimate of drug-likeness (QED) is 0.726. The SMILES string of the molecule is CC(C)CC1CN2CC(=O)N(C)CC2CN1. The molecule has 1 amide bonds. The van der Waals surface area contributed by atoms with E-state index in [9.17, 15) is 4.79 Å². The number of rotatable bonds is 2. The standard InChI is InChI=1S/C12H23N3O/c1-9(2)4-10-6-15-8-12(16)14(3)7-11(15)5-13-10/h9-11,13H,4-8H2,1-3H3. The Hall–Kier alpha value is -0.610. The zero-order valence-electron chi connectivity index (χ0n) is 10.6. The predicted molar refractivity (Wildman–Crippen MR) is 64.2 cm³/mol. The number of piperazine rings is 2. The maximum absolute atomic E-state index is 11.6. The number of nitrogens with zero attached hydrogens (tertiary/aromatic N) is 2. The minimum absolute atomic E-state index is 0.265. The fraction of sp³-hybridized carbons (Fsp3) is 0.917. The van der Waals surface area contributed by atoms with Crippen molar-refractivity contribution in [1.82, 2.24) is 15.1 Å². The van der Waals surface area contributed by atoms with Gasteiger partial charge in [-0.1, -0.05) is 13.8 Å². The zero-order valence-corrected chi connectivity index (χ0v) is 10.6. The molecule has 0 saturated carbocycles. The molecular weight excluding hydrogens is 202 g/mol. The van der Waals surface area contributed by atoms with Gasteiger partial charge in [0.05, 0.1) is 6.54 Å². The lowest BCUT2D eigenvalue weighted by atomic mass is 9.98. The second-order valence-corrected chi connectivity index (χ2v) is 5.59. The van der Waals surface area contributed by atoms with Crippen LogP contribution in [-0.4, -0.2) is 61.0 Å². The maximum Gasteiger partial charge on any atom is 0.236 e. The highest BCUT2D eigenvalue weighted by atomic mass is 16.2. The lowest BCUT2D eigenvalue weighted by molar-refractivity contribution is -0.137. The first-order chi connectivity index (χ1) is 7.56. The Kier molecular flexibility index (Phi) is 3.50. The summed E-state index contributed by atoms with van der Waals surface area (Å²) in [5.41, 5.74) is 0. The Labute approximate surface area is 98.0 Å². The molecule has 0 radical (unpaired) electrons. The van der Waals surface area contributed by atoms with Gasteiger partial charge < -0.3 is 10.2 Å². The molecule has 2 fully saturated rings. The first kappa shape index (κ1) is 11.9. The minimum Gasteiger partial charge on any atom is -0.343 e. The van der Waals surface area contributed by atoms with Crippen molar-refractivity contribution in [2.24, 2.45) is 5.92 Å². The molecule has 2 rings (SSSR count). The fourth-order valence-corrected chi connectivity index (χ4v) is 2.74. The van der Waals surface area contributed by atoms with E-state index in [0.29, 0.717) is 18.6 Å². The number of carbonyl (C=O) groups excluding carboxylic acids is 1. The topological polar surface area (TPSA) is 35.6 Å². The van der Waals surface area contributed by atoms with Crippen molar-refractivity contribution < 1.29 is 4.79 Å². The van der Waals surface area contributed by atoms with Crippen LogP contribution in [0.3, 0.4) is 0 Å². The Morgan fingerprint density at radius 2 is 2.19 bits per heavy atom. The molecule has 2 saturated heterocycles. The number of amides is 1. The Balaban J connectivity index is 1.91. The van der Waals surface area contributed by atoms with E-state index in [1.165, 1.54) is 6.42 Å². The number of carbonyl (C=O) groups is 1. The van der Waals surface area contributed by atoms with Crippen LogP contribution in [0.2, 0.25) is 0 Å². The van der Waals surface area contributed by atoms with Gasteiger partial charge in [-0.15, -0.1) is 0 Å². The second kappa shape index (κ2) is 4.72. The molecule has 2 heterocycles. The Bertz CT molecular complexity index is 267. The van der Waals surface area contributed by atoms with Crippen molar-refractivity contribution in [3.8, 4) is 0 Å². The first-order valence-corrected chi connectivity index (χ1v) is 6.27. The molecule has 2 unspecified atom stereocenters. The van der Waals surface area contributed by atoms with Gasteiger partial charge >= 0.3 is 0 Å². The Morgan fingerprint density at radius 3 is 2.88 bits per heavy atom. The highest BCUT2D eigenvalue weighted by molar-refractivity contribution is 5.78. The molecule has 0 aliphatic carbocycles. The van der Waals surface area contributed by atoms with Crippen molar-refractivity contribution in [3.05, 3.63) is 0 Å². The van der Waals surface area contributed by atoms with E-state index in [1.807, 2.05) is 11.9 Å². The highest BCUT2D eigenvalue weighted by Crippen LogP contribution is 2.16. The summed E-state index contributed by atoms with van der Waals surface area (Å²) in [6.45, 7) is 8.04. The van der Waals surface area contributed by atoms with Crippen molar-refractivity contribution in [3.63, 3.8) is 0 Å². The molecule has 92 valence electrons. The fourth-order valence-electron chi connectivity index (χ4n) is 2.74. The molecule has 2 aliphatic heterocycles. The molecular formula is C12H23N3O. The van der Waals surface area contributed by atoms with Crippen molar-refractivity contribution in [2.75, 3.05) is 33.2 Å². The van der Waals surface area contributed by atoms with Crippen LogP contribution in [0.5, 0.6) is 0 Å². The average molecular weight is 225 g/mol. The molecule has 0 spiro atoms. The normalized spacial score (nSPS) is 32.0. The number of likely N-dealkylation sites (N-methyl/N-ethyl adjacent to an activating group) is 1. The monoisotopic (exact) mass is 225 g/mol. The van der Waals surface area contributed by atoms with Crippen molar-refractivity contribution in [2.45, 2.75) is 32.4 Å². The summed E-state index contributed by atoms with van der Waals surface area (Å²) >= 11 is 0. The zero-order chi connectivity index (χ0) is 11.7. The highest BCUT2D eigenvalue weighted by Gasteiger charge is 2.34. The van der Waals surface area contributed by atoms with E-state index in [2.05, 4.69) is 24.1 Å². The summed E-state index contributed by atoms with van der Waals surface area (Å²) in [7, 11) is 1.90. The van der Waals surface area contributed by atoms with Gasteiger partial charge in [-0.25, -0.2) is 0 Å². The molecule has 4 heteroatoms. The van der Waals surface area contributed by atoms with Crippen LogP contribution in [0.25, 0.3) is 0 Å². The van der Waals surface area contributed by atoms with Gasteiger partial charge in [0.25, 0.3) is 0 Å². The number of fused-ring (bicyclic) bond motifs is 1. The van der Waals surface area contributed by atoms with E-state index in [-0.39, 0.29) is 5.91 Å². The summed E-state index contributed by atoms with van der Waals surface area (Å²) in [5, 5.41) is 3.61. The predicted octanol–water partition coefficient (Wildman–Crippen LogP) is 0.147. The van der Waals surface area contributed by atoms with Crippen LogP contribution in [0.15, 0.2) is 0 Å². The minimum atomic E-state index is 0.265. The number of hydrogen-bond donors (Lipinski definition) is 1. The van der Waals surface area contributed by atoms with E-state index < -0.39 is 0 Å². The molecule has 2 atom stereocenters. The lowest BCUT2D eigenvalue weighted by Crippen LogP contribution is -2.65. The second-order valence-electron chi connectivity index (χ2n) is 5.59. The molecule has 2 aliphatic rings. The van der Waals surface area contributed by atoms with Crippen LogP contribution in [0.1, 0.15) is 20.3 Å². The molecule has 0 aromatic heterocycles. The molecule has 0 aromatic carbocycles. The molecule has 0 bridgehead atoms. The summed E-state index contributed by atoms with van der Waals surface area (Å²) in [5.74, 6) is 0.985. The van der Waals surface area contributed by atoms with Crippen LogP contribution >= 0.6 is 0 Å². The summed E-state index contributed by atoms with van der Waals surface area (Å²) < 4.78 is 0. The molecule has 0 aromatic rings. The van der Waals surface area contributed by atoms with Crippen LogP contribution in [-0.2, 0) is 4.79 Å². The van der Waals surface area contributed by atoms with Crippen LogP contribution < -0.4 is 5.32 Å². The smallest absolute Gasteiger partial charge is 0.236 e. The van der Waals surface area contributed by atoms with Gasteiger partial charge in [0.2, 0.25) is 5.91 Å². The van der Waals surface area contributed by atoms with Gasteiger partial charge in [-0.05, 0) is 12.3 Å². The van der Waals surface area contributed by atoms with Gasteiger partial charge in [0.1, 0.15) is 0 Å². The van der Waals surface area contributed by atoms with Crippen molar-refractivity contribution >= 4 is 5.91 Å². The van der Waals surface area contributed by atoms with E-state index in [1.54, 1.807) is 0 Å². The lowest BCUT2D eigenvalue weighted by Gasteiger charge is -2.45. The van der Waals surface area contributed by atoms with E-state index >= 15 is 0 Å². The van der Waals surface area contributed by atoms with Gasteiger partial charge in [0, 0.05) is 38.8 Å². The van der Waals surface area contributed by atoms with E-state index in [4.69, 9.17) is 0 Å². The van der Waals surface area contributed by atoms with Gasteiger partial charge in [0.15, 0.2) is 0 Å². The molecule has 1 N–H and O–H groups in total. The molecule has 4 nitrogen and oxygen atoms in total. The van der Waals surface area contributed by atoms with Crippen LogP contribution in [0, 0.1) is 5.92 Å². The van der Waals surface area contributed by atoms with Gasteiger partial charge in [-0.3, -0.25) is 9.69 Å². The van der Waals surface area contributed by atoms with Gasteiger partial charge in [-0.2, -0.15) is 0 Å². The largest absolute Gasteiger partial charge is 0.343 e. The molecule has 16 heavy (non-hydrogen) atoms. The third-order valence-corrected chi connectivity index (χ3v) is 3.62.